The van der Waals surface area contributed by atoms with Crippen molar-refractivity contribution in [3.63, 3.8) is 0 Å². The van der Waals surface area contributed by atoms with Gasteiger partial charge in [0.25, 0.3) is 0 Å². The van der Waals surface area contributed by atoms with Crippen molar-refractivity contribution in [2.45, 2.75) is 26.6 Å². The molecule has 0 aliphatic heterocycles. The van der Waals surface area contributed by atoms with Crippen LogP contribution in [0.25, 0.3) is 11.0 Å². The van der Waals surface area contributed by atoms with Crippen molar-refractivity contribution >= 4 is 18.6 Å². The Kier molecular flexibility index (Phi) is 6.46. The summed E-state index contributed by atoms with van der Waals surface area (Å²) in [4.78, 5) is 26.0. The Labute approximate surface area is 152 Å². The summed E-state index contributed by atoms with van der Waals surface area (Å²) in [6.45, 7) is 3.33. The number of rotatable bonds is 7. The number of alkyl halides is 3. The first-order valence-corrected chi connectivity index (χ1v) is 9.63. The summed E-state index contributed by atoms with van der Waals surface area (Å²) in [5, 5.41) is 0. The molecule has 0 saturated carbocycles. The molecule has 27 heavy (non-hydrogen) atoms. The average Bonchev–Trinajstić information content (AvgIpc) is 2.57. The largest absolute Gasteiger partial charge is 0.416 e. The number of nitrogens with one attached hydrogen (secondary N) is 1. The molecule has 1 heterocycles. The molecule has 0 amide bonds. The van der Waals surface area contributed by atoms with Gasteiger partial charge in [-0.3, -0.25) is 18.7 Å². The molecule has 0 spiro atoms. The van der Waals surface area contributed by atoms with Crippen LogP contribution in [-0.4, -0.2) is 22.8 Å². The van der Waals surface area contributed by atoms with E-state index in [1.54, 1.807) is 13.8 Å². The third kappa shape index (κ3) is 4.97. The van der Waals surface area contributed by atoms with Crippen LogP contribution in [-0.2, 0) is 26.3 Å². The number of benzene rings is 1. The van der Waals surface area contributed by atoms with Gasteiger partial charge in [-0.25, -0.2) is 0 Å². The number of allylic oxidation sites excluding steroid dienone is 1. The Morgan fingerprint density at radius 2 is 1.81 bits per heavy atom. The van der Waals surface area contributed by atoms with Gasteiger partial charge in [-0.05, 0) is 32.0 Å². The number of hydrogen-bond acceptors (Lipinski definition) is 5. The van der Waals surface area contributed by atoms with E-state index in [9.17, 15) is 27.3 Å². The zero-order valence-corrected chi connectivity index (χ0v) is 15.5. The summed E-state index contributed by atoms with van der Waals surface area (Å²) in [7, 11) is -3.50. The molecule has 0 aliphatic rings. The monoisotopic (exact) mass is 406 g/mol. The lowest BCUT2D eigenvalue weighted by molar-refractivity contribution is -0.137. The Bertz CT molecular complexity index is 1000. The Balaban J connectivity index is 2.47. The maximum absolute atomic E-state index is 12.8. The van der Waals surface area contributed by atoms with Gasteiger partial charge in [0.05, 0.1) is 29.8 Å². The molecule has 11 heteroatoms. The van der Waals surface area contributed by atoms with Crippen LogP contribution in [0.4, 0.5) is 13.2 Å². The number of halogens is 3. The van der Waals surface area contributed by atoms with E-state index in [4.69, 9.17) is 9.05 Å². The number of aromatic amines is 1. The second kappa shape index (κ2) is 8.24. The van der Waals surface area contributed by atoms with Gasteiger partial charge < -0.3 is 14.0 Å². The maximum Gasteiger partial charge on any atom is 0.416 e. The van der Waals surface area contributed by atoms with E-state index in [-0.39, 0.29) is 30.8 Å². The summed E-state index contributed by atoms with van der Waals surface area (Å²) < 4.78 is 62.0. The van der Waals surface area contributed by atoms with Crippen molar-refractivity contribution in [2.75, 3.05) is 13.2 Å². The third-order valence-electron chi connectivity index (χ3n) is 3.50. The van der Waals surface area contributed by atoms with Crippen molar-refractivity contribution in [3.05, 3.63) is 56.4 Å². The molecule has 0 atom stereocenters. The number of H-pyrrole nitrogens is 1. The number of aromatic nitrogens is 2. The minimum atomic E-state index is -4.59. The molecule has 1 aromatic carbocycles. The fraction of sp³-hybridized carbons (Fsp3) is 0.375. The van der Waals surface area contributed by atoms with E-state index in [2.05, 4.69) is 4.98 Å². The van der Waals surface area contributed by atoms with Crippen molar-refractivity contribution in [1.82, 2.24) is 9.55 Å². The highest BCUT2D eigenvalue weighted by atomic mass is 31.2. The van der Waals surface area contributed by atoms with E-state index in [1.807, 2.05) is 0 Å². The predicted octanol–water partition coefficient (Wildman–Crippen LogP) is 3.49. The third-order valence-corrected chi connectivity index (χ3v) is 5.31. The molecule has 0 saturated heterocycles. The van der Waals surface area contributed by atoms with Crippen LogP contribution in [0.15, 0.2) is 39.7 Å². The van der Waals surface area contributed by atoms with Crippen LogP contribution in [0.5, 0.6) is 0 Å². The molecule has 1 aromatic heterocycles. The van der Waals surface area contributed by atoms with E-state index in [1.165, 1.54) is 6.08 Å². The van der Waals surface area contributed by atoms with Crippen LogP contribution >= 0.6 is 7.60 Å². The number of hydrogen-bond donors (Lipinski definition) is 1. The Morgan fingerprint density at radius 3 is 2.37 bits per heavy atom. The molecule has 0 unspecified atom stereocenters. The van der Waals surface area contributed by atoms with Crippen molar-refractivity contribution < 1.29 is 26.8 Å². The molecule has 7 nitrogen and oxygen atoms in total. The molecule has 2 aromatic rings. The van der Waals surface area contributed by atoms with Gasteiger partial charge in [-0.1, -0.05) is 6.08 Å². The van der Waals surface area contributed by atoms with E-state index < -0.39 is 30.5 Å². The Morgan fingerprint density at radius 1 is 1.19 bits per heavy atom. The molecule has 0 fully saturated rings. The van der Waals surface area contributed by atoms with Crippen LogP contribution in [0.2, 0.25) is 0 Å². The van der Waals surface area contributed by atoms with E-state index in [0.29, 0.717) is 0 Å². The molecule has 1 N–H and O–H groups in total. The number of fused-ring (bicyclic) bond motifs is 1. The minimum Gasteiger partial charge on any atom is -0.316 e. The second-order valence-electron chi connectivity index (χ2n) is 5.36. The smallest absolute Gasteiger partial charge is 0.316 e. The van der Waals surface area contributed by atoms with Crippen LogP contribution in [0.1, 0.15) is 19.4 Å². The fourth-order valence-corrected chi connectivity index (χ4v) is 3.72. The summed E-state index contributed by atoms with van der Waals surface area (Å²) in [6, 6.07) is 2.65. The van der Waals surface area contributed by atoms with Gasteiger partial charge in [0.1, 0.15) is 0 Å². The summed E-state index contributed by atoms with van der Waals surface area (Å²) in [6.07, 6.45) is -3.28. The first-order valence-electron chi connectivity index (χ1n) is 8.02. The van der Waals surface area contributed by atoms with Gasteiger partial charge in [-0.2, -0.15) is 13.2 Å². The van der Waals surface area contributed by atoms with Crippen LogP contribution < -0.4 is 11.1 Å². The molecule has 0 radical (unpaired) electrons. The van der Waals surface area contributed by atoms with Crippen molar-refractivity contribution in [1.29, 1.82) is 0 Å². The highest BCUT2D eigenvalue weighted by Crippen LogP contribution is 2.49. The van der Waals surface area contributed by atoms with Crippen molar-refractivity contribution in [2.24, 2.45) is 0 Å². The summed E-state index contributed by atoms with van der Waals surface area (Å²) in [5.74, 6) is 1.16. The molecule has 2 rings (SSSR count). The fourth-order valence-electron chi connectivity index (χ4n) is 2.40. The molecule has 0 bridgehead atoms. The maximum atomic E-state index is 12.8. The number of nitrogens with zero attached hydrogens (tertiary/aromatic N) is 1. The van der Waals surface area contributed by atoms with Crippen LogP contribution in [0, 0.1) is 0 Å². The van der Waals surface area contributed by atoms with Crippen molar-refractivity contribution in [3.8, 4) is 0 Å². The first kappa shape index (κ1) is 21.1. The lowest BCUT2D eigenvalue weighted by Crippen LogP contribution is -2.36. The normalized spacial score (nSPS) is 12.9. The first-order chi connectivity index (χ1) is 12.6. The lowest BCUT2D eigenvalue weighted by Gasteiger charge is -2.13. The zero-order chi connectivity index (χ0) is 20.2. The standard InChI is InChI=1S/C16H18F3N2O5P/c1-3-25-27(24,26-4-2)9-5-8-21-13-7-6-11(16(17,18)19)10-12(13)20-14(22)15(21)23/h5-7,9-10H,3-4,8H2,1-2H3,(H,20,22)/b9-5-. The topological polar surface area (TPSA) is 90.4 Å². The van der Waals surface area contributed by atoms with Gasteiger partial charge in [0.2, 0.25) is 0 Å². The van der Waals surface area contributed by atoms with Crippen LogP contribution in [0.3, 0.4) is 0 Å². The molecular weight excluding hydrogens is 388 g/mol. The molecule has 148 valence electrons. The van der Waals surface area contributed by atoms with Gasteiger partial charge in [-0.15, -0.1) is 0 Å². The van der Waals surface area contributed by atoms with Gasteiger partial charge in [0, 0.05) is 12.4 Å². The summed E-state index contributed by atoms with van der Waals surface area (Å²) in [5.41, 5.74) is -3.01. The highest BCUT2D eigenvalue weighted by Gasteiger charge is 2.30. The van der Waals surface area contributed by atoms with E-state index in [0.717, 1.165) is 28.6 Å². The quantitative estimate of drug-likeness (QED) is 0.562. The lowest BCUT2D eigenvalue weighted by atomic mass is 10.2. The SMILES string of the molecule is CCOP(=O)(/C=C\Cn1c(=O)c(=O)[nH]c2cc(C(F)(F)F)ccc21)OCC. The Hall–Kier alpha value is -2.16. The highest BCUT2D eigenvalue weighted by molar-refractivity contribution is 7.57. The average molecular weight is 406 g/mol. The minimum absolute atomic E-state index is 0.0971. The van der Waals surface area contributed by atoms with Gasteiger partial charge >= 0.3 is 24.9 Å². The zero-order valence-electron chi connectivity index (χ0n) is 14.6. The summed E-state index contributed by atoms with van der Waals surface area (Å²) >= 11 is 0. The molecule has 0 aliphatic carbocycles. The van der Waals surface area contributed by atoms with E-state index >= 15 is 0 Å². The molecular formula is C16H18F3N2O5P. The predicted molar refractivity (Wildman–Crippen MR) is 93.8 cm³/mol. The second-order valence-corrected chi connectivity index (χ2v) is 7.25. The van der Waals surface area contributed by atoms with Gasteiger partial charge in [0.15, 0.2) is 0 Å².